The molecule has 7 heteroatoms. The molecular weight excluding hydrogens is 301 g/mol. The van der Waals surface area contributed by atoms with Gasteiger partial charge in [-0.2, -0.15) is 18.3 Å². The molecule has 1 amide bonds. The minimum Gasteiger partial charge on any atom is -0.263 e. The van der Waals surface area contributed by atoms with Gasteiger partial charge in [0.25, 0.3) is 0 Å². The Kier molecular flexibility index (Phi) is 4.28. The van der Waals surface area contributed by atoms with Crippen LogP contribution in [-0.2, 0) is 4.79 Å². The third-order valence-corrected chi connectivity index (χ3v) is 2.37. The number of hydrogen-bond acceptors (Lipinski definition) is 2. The van der Waals surface area contributed by atoms with E-state index in [-0.39, 0.29) is 5.71 Å². The van der Waals surface area contributed by atoms with Crippen LogP contribution in [0.4, 0.5) is 13.2 Å². The molecule has 3 nitrogen and oxygen atoms in total. The van der Waals surface area contributed by atoms with Crippen LogP contribution in [0.5, 0.6) is 0 Å². The van der Waals surface area contributed by atoms with E-state index in [1.54, 1.807) is 24.3 Å². The average Bonchev–Trinajstić information content (AvgIpc) is 2.25. The smallest absolute Gasteiger partial charge is 0.263 e. The van der Waals surface area contributed by atoms with Crippen LogP contribution in [-0.4, -0.2) is 17.8 Å². The van der Waals surface area contributed by atoms with Gasteiger partial charge in [0.15, 0.2) is 0 Å². The van der Waals surface area contributed by atoms with E-state index in [9.17, 15) is 18.0 Å². The molecule has 0 heterocycles. The lowest BCUT2D eigenvalue weighted by Crippen LogP contribution is -2.34. The van der Waals surface area contributed by atoms with Gasteiger partial charge in [0, 0.05) is 4.47 Å². The molecule has 0 saturated heterocycles. The number of hydrogen-bond donors (Lipinski definition) is 1. The summed E-state index contributed by atoms with van der Waals surface area (Å²) in [5, 5.41) is 3.37. The van der Waals surface area contributed by atoms with E-state index >= 15 is 0 Å². The number of amides is 1. The van der Waals surface area contributed by atoms with E-state index in [1.165, 1.54) is 12.3 Å². The number of hydrazone groups is 1. The lowest BCUT2D eigenvalue weighted by molar-refractivity contribution is -0.173. The van der Waals surface area contributed by atoms with Crippen molar-refractivity contribution >= 4 is 27.5 Å². The monoisotopic (exact) mass is 308 g/mol. The Labute approximate surface area is 104 Å². The maximum absolute atomic E-state index is 11.9. The van der Waals surface area contributed by atoms with Gasteiger partial charge < -0.3 is 0 Å². The number of carbonyl (C=O) groups is 1. The lowest BCUT2D eigenvalue weighted by Gasteiger charge is -2.05. The average molecular weight is 309 g/mol. The van der Waals surface area contributed by atoms with Crippen LogP contribution in [0.25, 0.3) is 0 Å². The highest BCUT2D eigenvalue weighted by atomic mass is 79.9. The predicted octanol–water partition coefficient (Wildman–Crippen LogP) is 2.85. The standard InChI is InChI=1S/C10H8BrF3N2O/c1-6(7-2-4-8(11)5-3-7)15-16-9(17)10(12,13)14/h2-5H,1H3,(H,16,17)/b15-6-. The molecule has 17 heavy (non-hydrogen) atoms. The van der Waals surface area contributed by atoms with E-state index in [4.69, 9.17) is 0 Å². The molecule has 0 spiro atoms. The third-order valence-electron chi connectivity index (χ3n) is 1.84. The molecule has 0 saturated carbocycles. The van der Waals surface area contributed by atoms with Gasteiger partial charge >= 0.3 is 12.1 Å². The number of rotatable bonds is 2. The number of nitrogens with one attached hydrogen (secondary N) is 1. The molecule has 0 unspecified atom stereocenters. The molecule has 0 aromatic heterocycles. The van der Waals surface area contributed by atoms with Crippen LogP contribution >= 0.6 is 15.9 Å². The summed E-state index contributed by atoms with van der Waals surface area (Å²) in [7, 11) is 0. The quantitative estimate of drug-likeness (QED) is 0.662. The first-order valence-electron chi connectivity index (χ1n) is 4.48. The first kappa shape index (κ1) is 13.7. The van der Waals surface area contributed by atoms with Crippen LogP contribution < -0.4 is 5.43 Å². The summed E-state index contributed by atoms with van der Waals surface area (Å²) in [6.45, 7) is 1.50. The number of halogens is 4. The Morgan fingerprint density at radius 2 is 1.82 bits per heavy atom. The Bertz CT molecular complexity index is 440. The van der Waals surface area contributed by atoms with E-state index in [0.29, 0.717) is 5.56 Å². The number of benzene rings is 1. The van der Waals surface area contributed by atoms with Gasteiger partial charge in [-0.15, -0.1) is 0 Å². The van der Waals surface area contributed by atoms with Gasteiger partial charge in [0.05, 0.1) is 5.71 Å². The summed E-state index contributed by atoms with van der Waals surface area (Å²) in [4.78, 5) is 10.5. The highest BCUT2D eigenvalue weighted by molar-refractivity contribution is 9.10. The third kappa shape index (κ3) is 4.18. The lowest BCUT2D eigenvalue weighted by atomic mass is 10.1. The maximum Gasteiger partial charge on any atom is 0.473 e. The number of nitrogens with zero attached hydrogens (tertiary/aromatic N) is 1. The molecular formula is C10H8BrF3N2O. The predicted molar refractivity (Wildman–Crippen MR) is 60.6 cm³/mol. The molecule has 1 aromatic carbocycles. The largest absolute Gasteiger partial charge is 0.473 e. The fourth-order valence-electron chi connectivity index (χ4n) is 0.954. The molecule has 1 N–H and O–H groups in total. The Morgan fingerprint density at radius 3 is 2.29 bits per heavy atom. The zero-order valence-electron chi connectivity index (χ0n) is 8.68. The molecule has 0 bridgehead atoms. The first-order valence-corrected chi connectivity index (χ1v) is 5.27. The van der Waals surface area contributed by atoms with Crippen molar-refractivity contribution in [2.75, 3.05) is 0 Å². The first-order chi connectivity index (χ1) is 7.80. The topological polar surface area (TPSA) is 41.5 Å². The van der Waals surface area contributed by atoms with Crippen molar-refractivity contribution in [2.24, 2.45) is 5.10 Å². The van der Waals surface area contributed by atoms with Crippen molar-refractivity contribution in [3.8, 4) is 0 Å². The second-order valence-electron chi connectivity index (χ2n) is 3.14. The highest BCUT2D eigenvalue weighted by Crippen LogP contribution is 2.14. The molecule has 1 aromatic rings. The number of alkyl halides is 3. The minimum absolute atomic E-state index is 0.287. The van der Waals surface area contributed by atoms with Gasteiger partial charge in [0.2, 0.25) is 0 Å². The van der Waals surface area contributed by atoms with Gasteiger partial charge in [0.1, 0.15) is 0 Å². The Balaban J connectivity index is 2.74. The zero-order chi connectivity index (χ0) is 13.1. The van der Waals surface area contributed by atoms with Crippen molar-refractivity contribution in [1.29, 1.82) is 0 Å². The Morgan fingerprint density at radius 1 is 1.29 bits per heavy atom. The van der Waals surface area contributed by atoms with Gasteiger partial charge in [-0.1, -0.05) is 28.1 Å². The van der Waals surface area contributed by atoms with Crippen LogP contribution in [0, 0.1) is 0 Å². The van der Waals surface area contributed by atoms with E-state index in [2.05, 4.69) is 21.0 Å². The van der Waals surface area contributed by atoms with Crippen molar-refractivity contribution < 1.29 is 18.0 Å². The molecule has 0 radical (unpaired) electrons. The van der Waals surface area contributed by atoms with E-state index < -0.39 is 12.1 Å². The van der Waals surface area contributed by atoms with Crippen LogP contribution in [0.15, 0.2) is 33.8 Å². The molecule has 0 aliphatic heterocycles. The number of carbonyl (C=O) groups excluding carboxylic acids is 1. The molecule has 0 aliphatic rings. The molecule has 92 valence electrons. The molecule has 1 rings (SSSR count). The fourth-order valence-corrected chi connectivity index (χ4v) is 1.22. The van der Waals surface area contributed by atoms with Gasteiger partial charge in [-0.3, -0.25) is 4.79 Å². The van der Waals surface area contributed by atoms with Crippen LogP contribution in [0.1, 0.15) is 12.5 Å². The fraction of sp³-hybridized carbons (Fsp3) is 0.200. The summed E-state index contributed by atoms with van der Waals surface area (Å²) in [5.41, 5.74) is 2.36. The summed E-state index contributed by atoms with van der Waals surface area (Å²) >= 11 is 3.22. The van der Waals surface area contributed by atoms with Gasteiger partial charge in [-0.25, -0.2) is 5.43 Å². The summed E-state index contributed by atoms with van der Waals surface area (Å²) < 4.78 is 36.4. The molecule has 0 aliphatic carbocycles. The van der Waals surface area contributed by atoms with Crippen molar-refractivity contribution in [3.63, 3.8) is 0 Å². The SMILES string of the molecule is C/C(=N/NC(=O)C(F)(F)F)c1ccc(Br)cc1. The van der Waals surface area contributed by atoms with Crippen LogP contribution in [0.3, 0.4) is 0 Å². The minimum atomic E-state index is -4.93. The van der Waals surface area contributed by atoms with E-state index in [1.807, 2.05) is 0 Å². The van der Waals surface area contributed by atoms with Crippen LogP contribution in [0.2, 0.25) is 0 Å². The van der Waals surface area contributed by atoms with Gasteiger partial charge in [-0.05, 0) is 24.6 Å². The summed E-state index contributed by atoms with van der Waals surface area (Å²) in [6, 6.07) is 6.78. The molecule has 0 fully saturated rings. The second-order valence-corrected chi connectivity index (χ2v) is 4.06. The zero-order valence-corrected chi connectivity index (χ0v) is 10.3. The summed E-state index contributed by atoms with van der Waals surface area (Å²) in [5.74, 6) is -2.09. The summed E-state index contributed by atoms with van der Waals surface area (Å²) in [6.07, 6.45) is -4.93. The maximum atomic E-state index is 11.9. The van der Waals surface area contributed by atoms with Crippen molar-refractivity contribution in [1.82, 2.24) is 5.43 Å². The second kappa shape index (κ2) is 5.31. The van der Waals surface area contributed by atoms with E-state index in [0.717, 1.165) is 4.47 Å². The van der Waals surface area contributed by atoms with Crippen molar-refractivity contribution in [3.05, 3.63) is 34.3 Å². The molecule has 0 atom stereocenters. The normalized spacial score (nSPS) is 12.4. The van der Waals surface area contributed by atoms with Crippen molar-refractivity contribution in [2.45, 2.75) is 13.1 Å². The Hall–Kier alpha value is -1.37. The highest BCUT2D eigenvalue weighted by Gasteiger charge is 2.38.